The average molecular weight is 339 g/mol. The molecule has 1 heterocycles. The predicted octanol–water partition coefficient (Wildman–Crippen LogP) is 2.98. The SMILES string of the molecule is CN1C(=S)SC(C)([N+]([O-])=Cc2cccc([N+](=O)[O-])c2)C1(C)C. The van der Waals surface area contributed by atoms with Gasteiger partial charge >= 0.3 is 0 Å². The summed E-state index contributed by atoms with van der Waals surface area (Å²) >= 11 is 6.63. The molecule has 6 nitrogen and oxygen atoms in total. The fourth-order valence-corrected chi connectivity index (χ4v) is 4.14. The number of thioether (sulfide) groups is 1. The van der Waals surface area contributed by atoms with Gasteiger partial charge in [0.05, 0.1) is 4.92 Å². The number of nitro groups is 1. The Morgan fingerprint density at radius 1 is 1.32 bits per heavy atom. The number of likely N-dealkylation sites (N-methyl/N-ethyl adjacent to an activating group) is 1. The number of nitro benzene ring substituents is 1. The van der Waals surface area contributed by atoms with Crippen LogP contribution in [0.4, 0.5) is 5.69 Å². The topological polar surface area (TPSA) is 72.5 Å². The fraction of sp³-hybridized carbons (Fsp3) is 0.429. The van der Waals surface area contributed by atoms with Crippen LogP contribution in [-0.2, 0) is 0 Å². The Balaban J connectivity index is 2.43. The second kappa shape index (κ2) is 5.51. The maximum absolute atomic E-state index is 12.7. The molecule has 0 amide bonds. The first-order chi connectivity index (χ1) is 10.1. The molecule has 1 atom stereocenters. The third-order valence-electron chi connectivity index (χ3n) is 4.30. The van der Waals surface area contributed by atoms with Crippen LogP contribution in [0.15, 0.2) is 24.3 Å². The van der Waals surface area contributed by atoms with Gasteiger partial charge in [-0.3, -0.25) is 10.1 Å². The Labute approximate surface area is 138 Å². The number of rotatable bonds is 3. The molecule has 2 rings (SSSR count). The smallest absolute Gasteiger partial charge is 0.270 e. The van der Waals surface area contributed by atoms with Crippen molar-refractivity contribution in [2.45, 2.75) is 31.2 Å². The van der Waals surface area contributed by atoms with Gasteiger partial charge in [0.1, 0.15) is 9.86 Å². The molecular weight excluding hydrogens is 322 g/mol. The lowest BCUT2D eigenvalue weighted by molar-refractivity contribution is -0.522. The van der Waals surface area contributed by atoms with E-state index in [0.29, 0.717) is 9.88 Å². The molecule has 1 aromatic rings. The number of nitrogens with zero attached hydrogens (tertiary/aromatic N) is 3. The Hall–Kier alpha value is -1.67. The molecule has 118 valence electrons. The number of hydrogen-bond acceptors (Lipinski definition) is 5. The zero-order valence-electron chi connectivity index (χ0n) is 12.8. The second-order valence-electron chi connectivity index (χ2n) is 5.78. The van der Waals surface area contributed by atoms with Crippen LogP contribution in [0.3, 0.4) is 0 Å². The van der Waals surface area contributed by atoms with E-state index in [1.165, 1.54) is 30.1 Å². The van der Waals surface area contributed by atoms with Crippen molar-refractivity contribution >= 4 is 40.2 Å². The van der Waals surface area contributed by atoms with Gasteiger partial charge in [-0.1, -0.05) is 18.3 Å². The third kappa shape index (κ3) is 2.56. The van der Waals surface area contributed by atoms with Crippen LogP contribution in [0.2, 0.25) is 0 Å². The summed E-state index contributed by atoms with van der Waals surface area (Å²) in [5.41, 5.74) is -0.0335. The molecule has 1 fully saturated rings. The van der Waals surface area contributed by atoms with Crippen LogP contribution >= 0.6 is 24.0 Å². The molecule has 22 heavy (non-hydrogen) atoms. The highest BCUT2D eigenvalue weighted by Gasteiger charge is 2.59. The minimum absolute atomic E-state index is 0.0433. The normalized spacial score (nSPS) is 24.6. The van der Waals surface area contributed by atoms with Gasteiger partial charge in [-0.15, -0.1) is 0 Å². The van der Waals surface area contributed by atoms with Gasteiger partial charge in [0.25, 0.3) is 5.69 Å². The van der Waals surface area contributed by atoms with Crippen molar-refractivity contribution in [3.63, 3.8) is 0 Å². The van der Waals surface area contributed by atoms with Gasteiger partial charge in [0.2, 0.25) is 4.87 Å². The molecule has 1 aliphatic heterocycles. The summed E-state index contributed by atoms with van der Waals surface area (Å²) in [4.78, 5) is 11.4. The van der Waals surface area contributed by atoms with Crippen molar-refractivity contribution in [2.75, 3.05) is 7.05 Å². The van der Waals surface area contributed by atoms with Crippen LogP contribution in [0.1, 0.15) is 26.3 Å². The van der Waals surface area contributed by atoms with Crippen molar-refractivity contribution in [1.29, 1.82) is 0 Å². The largest absolute Gasteiger partial charge is 0.623 e. The molecule has 0 N–H and O–H groups in total. The van der Waals surface area contributed by atoms with E-state index < -0.39 is 15.3 Å². The lowest BCUT2D eigenvalue weighted by Gasteiger charge is -2.37. The number of thiocarbonyl (C=S) groups is 1. The van der Waals surface area contributed by atoms with Crippen LogP contribution in [0.5, 0.6) is 0 Å². The average Bonchev–Trinajstić information content (AvgIpc) is 2.60. The minimum Gasteiger partial charge on any atom is -0.623 e. The zero-order valence-corrected chi connectivity index (χ0v) is 14.4. The summed E-state index contributed by atoms with van der Waals surface area (Å²) in [5, 5.41) is 23.5. The van der Waals surface area contributed by atoms with Crippen molar-refractivity contribution in [3.05, 3.63) is 45.2 Å². The van der Waals surface area contributed by atoms with Gasteiger partial charge in [-0.25, -0.2) is 0 Å². The van der Waals surface area contributed by atoms with E-state index in [-0.39, 0.29) is 5.69 Å². The van der Waals surface area contributed by atoms with Crippen molar-refractivity contribution in [2.24, 2.45) is 0 Å². The monoisotopic (exact) mass is 339 g/mol. The van der Waals surface area contributed by atoms with Gasteiger partial charge in [0.15, 0.2) is 6.21 Å². The Morgan fingerprint density at radius 2 is 1.95 bits per heavy atom. The molecule has 1 unspecified atom stereocenters. The molecule has 0 aliphatic carbocycles. The summed E-state index contributed by atoms with van der Waals surface area (Å²) in [7, 11) is 1.86. The summed E-state index contributed by atoms with van der Waals surface area (Å²) in [6.45, 7) is 5.73. The van der Waals surface area contributed by atoms with Crippen LogP contribution < -0.4 is 0 Å². The maximum Gasteiger partial charge on any atom is 0.270 e. The van der Waals surface area contributed by atoms with E-state index in [4.69, 9.17) is 12.2 Å². The van der Waals surface area contributed by atoms with Gasteiger partial charge in [-0.2, -0.15) is 4.74 Å². The highest BCUT2D eigenvalue weighted by molar-refractivity contribution is 8.24. The van der Waals surface area contributed by atoms with E-state index in [9.17, 15) is 15.3 Å². The lowest BCUT2D eigenvalue weighted by Crippen LogP contribution is -2.55. The van der Waals surface area contributed by atoms with E-state index in [1.807, 2.05) is 32.7 Å². The molecular formula is C14H17N3O3S2. The Morgan fingerprint density at radius 3 is 2.45 bits per heavy atom. The third-order valence-corrected chi connectivity index (χ3v) is 6.35. The molecule has 0 radical (unpaired) electrons. The quantitative estimate of drug-likeness (QED) is 0.210. The molecule has 1 aliphatic rings. The van der Waals surface area contributed by atoms with E-state index >= 15 is 0 Å². The molecule has 0 bridgehead atoms. The Kier molecular flexibility index (Phi) is 4.18. The Bertz CT molecular complexity index is 675. The number of non-ortho nitro benzene ring substituents is 1. The van der Waals surface area contributed by atoms with E-state index in [0.717, 1.165) is 4.74 Å². The highest BCUT2D eigenvalue weighted by atomic mass is 32.2. The highest BCUT2D eigenvalue weighted by Crippen LogP contribution is 2.48. The van der Waals surface area contributed by atoms with E-state index in [1.54, 1.807) is 12.1 Å². The van der Waals surface area contributed by atoms with Crippen molar-refractivity contribution < 1.29 is 9.66 Å². The summed E-state index contributed by atoms with van der Waals surface area (Å²) < 4.78 is 1.49. The summed E-state index contributed by atoms with van der Waals surface area (Å²) in [5.74, 6) is 0. The summed E-state index contributed by atoms with van der Waals surface area (Å²) in [6.07, 6.45) is 1.38. The van der Waals surface area contributed by atoms with Crippen LogP contribution in [0.25, 0.3) is 0 Å². The molecule has 0 spiro atoms. The van der Waals surface area contributed by atoms with Gasteiger partial charge in [-0.05, 0) is 31.7 Å². The van der Waals surface area contributed by atoms with Gasteiger partial charge in [0, 0.05) is 31.7 Å². The van der Waals surface area contributed by atoms with Crippen LogP contribution in [0, 0.1) is 15.3 Å². The first-order valence-corrected chi connectivity index (χ1v) is 7.84. The van der Waals surface area contributed by atoms with Crippen molar-refractivity contribution in [3.8, 4) is 0 Å². The lowest BCUT2D eigenvalue weighted by atomic mass is 9.94. The number of hydroxylamine groups is 1. The molecule has 1 aromatic carbocycles. The van der Waals surface area contributed by atoms with Crippen molar-refractivity contribution in [1.82, 2.24) is 4.90 Å². The summed E-state index contributed by atoms with van der Waals surface area (Å²) in [6, 6.07) is 5.99. The number of benzene rings is 1. The first-order valence-electron chi connectivity index (χ1n) is 6.62. The fourth-order valence-electron chi connectivity index (χ4n) is 2.19. The first kappa shape index (κ1) is 16.7. The maximum atomic E-state index is 12.7. The standard InChI is InChI=1S/C14H17N3O3S2/c1-13(2)14(3,22-12(21)15(13)4)16(18)9-10-6-5-7-11(8-10)17(19)20/h5-9H,1-4H3. The van der Waals surface area contributed by atoms with E-state index in [2.05, 4.69) is 0 Å². The molecule has 0 saturated carbocycles. The molecule has 1 saturated heterocycles. The van der Waals surface area contributed by atoms with Gasteiger partial charge < -0.3 is 10.1 Å². The molecule has 8 heteroatoms. The zero-order chi connectivity index (χ0) is 16.7. The predicted molar refractivity (Wildman–Crippen MR) is 92.3 cm³/mol. The minimum atomic E-state index is -0.816. The van der Waals surface area contributed by atoms with Crippen LogP contribution in [-0.4, -0.2) is 42.6 Å². The second-order valence-corrected chi connectivity index (χ2v) is 7.81. The molecule has 0 aromatic heterocycles. The number of hydrogen-bond donors (Lipinski definition) is 0.